The topological polar surface area (TPSA) is 56.6 Å². The second-order valence-electron chi connectivity index (χ2n) is 3.58. The van der Waals surface area contributed by atoms with E-state index in [-0.39, 0.29) is 0 Å². The highest BCUT2D eigenvalue weighted by Gasteiger charge is 2.10. The van der Waals surface area contributed by atoms with Crippen molar-refractivity contribution >= 4 is 16.4 Å². The summed E-state index contributed by atoms with van der Waals surface area (Å²) in [6.45, 7) is 0. The van der Waals surface area contributed by atoms with Crippen LogP contribution < -0.4 is 11.4 Å². The van der Waals surface area contributed by atoms with Gasteiger partial charge in [0.15, 0.2) is 0 Å². The molecule has 0 saturated heterocycles. The van der Waals surface area contributed by atoms with Crippen molar-refractivity contribution in [1.29, 1.82) is 0 Å². The molecule has 0 aliphatic carbocycles. The molecule has 0 saturated carbocycles. The number of rotatable bonds is 0. The van der Waals surface area contributed by atoms with Crippen LogP contribution in [0.4, 0.5) is 0 Å². The fraction of sp³-hybridized carbons (Fsp3) is 0.0909. The van der Waals surface area contributed by atoms with E-state index in [1.807, 2.05) is 24.3 Å². The van der Waals surface area contributed by atoms with Gasteiger partial charge in [-0.25, -0.2) is 18.8 Å². The summed E-state index contributed by atoms with van der Waals surface area (Å²) in [6, 6.07) is 9.17. The van der Waals surface area contributed by atoms with E-state index < -0.39 is 11.4 Å². The van der Waals surface area contributed by atoms with E-state index in [1.165, 1.54) is 4.68 Å². The van der Waals surface area contributed by atoms with Crippen molar-refractivity contribution < 1.29 is 4.42 Å². The Morgan fingerprint density at radius 1 is 1.12 bits per heavy atom. The molecule has 2 aromatic heterocycles. The van der Waals surface area contributed by atoms with Gasteiger partial charge in [0, 0.05) is 12.4 Å². The van der Waals surface area contributed by atoms with Gasteiger partial charge in [0.1, 0.15) is 5.52 Å². The van der Waals surface area contributed by atoms with Crippen LogP contribution in [0.2, 0.25) is 0 Å². The van der Waals surface area contributed by atoms with Crippen molar-refractivity contribution in [3.05, 3.63) is 51.3 Å². The number of para-hydroxylation sites is 1. The Balaban J connectivity index is 2.77. The van der Waals surface area contributed by atoms with E-state index in [1.54, 1.807) is 17.6 Å². The van der Waals surface area contributed by atoms with Gasteiger partial charge in [-0.2, -0.15) is 0 Å². The van der Waals surface area contributed by atoms with Gasteiger partial charge < -0.3 is 4.42 Å². The average molecular weight is 216 g/mol. The molecule has 0 aliphatic rings. The Kier molecular flexibility index (Phi) is 1.60. The molecule has 0 radical (unpaired) electrons. The lowest BCUT2D eigenvalue weighted by molar-refractivity contribution is 0.392. The Bertz CT molecular complexity index is 807. The molecule has 0 amide bonds. The van der Waals surface area contributed by atoms with Gasteiger partial charge in [-0.3, -0.25) is 0 Å². The lowest BCUT2D eigenvalue weighted by Gasteiger charge is -2.01. The highest BCUT2D eigenvalue weighted by Crippen LogP contribution is 2.16. The van der Waals surface area contributed by atoms with Gasteiger partial charge in [-0.05, 0) is 12.1 Å². The van der Waals surface area contributed by atoms with Crippen molar-refractivity contribution in [3.8, 4) is 0 Å². The average Bonchev–Trinajstić information content (AvgIpc) is 2.66. The number of nitrogens with zero attached hydrogens (tertiary/aromatic N) is 2. The second-order valence-corrected chi connectivity index (χ2v) is 3.58. The molecule has 0 spiro atoms. The Morgan fingerprint density at radius 3 is 2.69 bits per heavy atom. The fourth-order valence-corrected chi connectivity index (χ4v) is 1.89. The van der Waals surface area contributed by atoms with Crippen LogP contribution in [0.15, 0.2) is 44.3 Å². The van der Waals surface area contributed by atoms with Crippen LogP contribution in [0.3, 0.4) is 0 Å². The molecule has 5 heteroatoms. The van der Waals surface area contributed by atoms with Gasteiger partial charge in [-0.1, -0.05) is 18.2 Å². The first-order valence-electron chi connectivity index (χ1n) is 4.79. The highest BCUT2D eigenvalue weighted by molar-refractivity contribution is 5.86. The summed E-state index contributed by atoms with van der Waals surface area (Å²) in [5, 5.41) is 0.899. The van der Waals surface area contributed by atoms with Gasteiger partial charge >= 0.3 is 11.4 Å². The van der Waals surface area contributed by atoms with Crippen LogP contribution in [0.1, 0.15) is 0 Å². The summed E-state index contributed by atoms with van der Waals surface area (Å²) in [4.78, 5) is 22.9. The summed E-state index contributed by atoms with van der Waals surface area (Å²) in [7, 11) is 1.56. The molecule has 3 rings (SSSR count). The lowest BCUT2D eigenvalue weighted by atomic mass is 10.2. The maximum Gasteiger partial charge on any atom is 0.436 e. The first-order valence-corrected chi connectivity index (χ1v) is 4.79. The molecule has 0 fully saturated rings. The molecule has 2 heterocycles. The summed E-state index contributed by atoms with van der Waals surface area (Å²) in [5.41, 5.74) is 0.563. The molecule has 5 nitrogen and oxygen atoms in total. The minimum absolute atomic E-state index is 0.364. The van der Waals surface area contributed by atoms with Crippen LogP contribution in [0.5, 0.6) is 0 Å². The quantitative estimate of drug-likeness (QED) is 0.557. The zero-order valence-electron chi connectivity index (χ0n) is 8.51. The molecule has 0 atom stereocenters. The minimum Gasteiger partial charge on any atom is -0.370 e. The van der Waals surface area contributed by atoms with Crippen LogP contribution in [0, 0.1) is 0 Å². The fourth-order valence-electron chi connectivity index (χ4n) is 1.89. The predicted molar refractivity (Wildman–Crippen MR) is 58.7 cm³/mol. The maximum absolute atomic E-state index is 11.5. The van der Waals surface area contributed by atoms with Crippen molar-refractivity contribution in [1.82, 2.24) is 9.20 Å². The zero-order chi connectivity index (χ0) is 11.3. The standard InChI is InChI=1S/C11H8N2O3/c1-12-11(15)16-10(14)9-6-7-4-2-3-5-8(7)13(9)12/h2-6H,1H3. The third-order valence-electron chi connectivity index (χ3n) is 2.64. The third-order valence-corrected chi connectivity index (χ3v) is 2.64. The molecular weight excluding hydrogens is 208 g/mol. The van der Waals surface area contributed by atoms with Gasteiger partial charge in [0.05, 0.1) is 5.52 Å². The predicted octanol–water partition coefficient (Wildman–Crippen LogP) is 0.744. The lowest BCUT2D eigenvalue weighted by Crippen LogP contribution is -2.27. The van der Waals surface area contributed by atoms with E-state index in [9.17, 15) is 9.59 Å². The van der Waals surface area contributed by atoms with Gasteiger partial charge in [0.2, 0.25) is 0 Å². The second kappa shape index (κ2) is 2.85. The summed E-state index contributed by atoms with van der Waals surface area (Å²) >= 11 is 0. The van der Waals surface area contributed by atoms with Crippen LogP contribution in [-0.4, -0.2) is 9.20 Å². The first-order chi connectivity index (χ1) is 7.68. The van der Waals surface area contributed by atoms with Crippen LogP contribution in [0.25, 0.3) is 16.4 Å². The largest absolute Gasteiger partial charge is 0.436 e. The smallest absolute Gasteiger partial charge is 0.370 e. The van der Waals surface area contributed by atoms with E-state index >= 15 is 0 Å². The molecule has 16 heavy (non-hydrogen) atoms. The van der Waals surface area contributed by atoms with Gasteiger partial charge in [0.25, 0.3) is 0 Å². The van der Waals surface area contributed by atoms with Crippen molar-refractivity contribution in [2.24, 2.45) is 7.05 Å². The molecule has 0 N–H and O–H groups in total. The summed E-state index contributed by atoms with van der Waals surface area (Å²) in [5.74, 6) is -0.668. The normalized spacial score (nSPS) is 11.3. The molecule has 0 bridgehead atoms. The van der Waals surface area contributed by atoms with E-state index in [0.29, 0.717) is 5.52 Å². The number of fused-ring (bicyclic) bond motifs is 3. The molecule has 3 aromatic rings. The summed E-state index contributed by atoms with van der Waals surface area (Å²) in [6.07, 6.45) is 0. The maximum atomic E-state index is 11.5. The Hall–Kier alpha value is -2.30. The molecule has 0 unspecified atom stereocenters. The third kappa shape index (κ3) is 0.995. The number of hydrogen-bond acceptors (Lipinski definition) is 3. The number of aromatic nitrogens is 2. The molecule has 1 aromatic carbocycles. The van der Waals surface area contributed by atoms with E-state index in [2.05, 4.69) is 4.42 Å². The summed E-state index contributed by atoms with van der Waals surface area (Å²) < 4.78 is 7.42. The highest BCUT2D eigenvalue weighted by atomic mass is 16.4. The zero-order valence-corrected chi connectivity index (χ0v) is 8.51. The SMILES string of the molecule is Cn1c(=O)oc(=O)c2cc3ccccc3n21. The van der Waals surface area contributed by atoms with E-state index in [4.69, 9.17) is 0 Å². The van der Waals surface area contributed by atoms with Crippen LogP contribution >= 0.6 is 0 Å². The molecular formula is C11H8N2O3. The Labute approximate surface area is 89.1 Å². The van der Waals surface area contributed by atoms with Gasteiger partial charge in [-0.15, -0.1) is 0 Å². The number of aryl methyl sites for hydroxylation is 1. The van der Waals surface area contributed by atoms with E-state index in [0.717, 1.165) is 10.9 Å². The number of benzene rings is 1. The minimum atomic E-state index is -0.668. The first kappa shape index (κ1) is 8.96. The molecule has 80 valence electrons. The number of hydrogen-bond donors (Lipinski definition) is 0. The van der Waals surface area contributed by atoms with Crippen molar-refractivity contribution in [2.45, 2.75) is 0 Å². The van der Waals surface area contributed by atoms with Crippen molar-refractivity contribution in [3.63, 3.8) is 0 Å². The monoisotopic (exact) mass is 216 g/mol. The Morgan fingerprint density at radius 2 is 1.88 bits per heavy atom. The molecule has 0 aliphatic heterocycles. The van der Waals surface area contributed by atoms with Crippen molar-refractivity contribution in [2.75, 3.05) is 0 Å². The van der Waals surface area contributed by atoms with Crippen LogP contribution in [-0.2, 0) is 7.05 Å².